The van der Waals surface area contributed by atoms with Crippen molar-refractivity contribution in [1.29, 1.82) is 0 Å². The number of nitrogens with zero attached hydrogens (tertiary/aromatic N) is 1. The van der Waals surface area contributed by atoms with Crippen molar-refractivity contribution in [3.8, 4) is 5.75 Å². The number of urea groups is 1. The summed E-state index contributed by atoms with van der Waals surface area (Å²) in [6, 6.07) is 22.7. The van der Waals surface area contributed by atoms with Crippen LogP contribution in [0, 0.1) is 5.92 Å². The molecular weight excluding hydrogens is 420 g/mol. The van der Waals surface area contributed by atoms with E-state index in [0.717, 1.165) is 5.69 Å². The molecule has 1 fully saturated rings. The van der Waals surface area contributed by atoms with Crippen LogP contribution in [0.1, 0.15) is 6.42 Å². The minimum Gasteiger partial charge on any atom is -0.497 e. The fourth-order valence-corrected chi connectivity index (χ4v) is 3.63. The molecule has 0 bridgehead atoms. The van der Waals surface area contributed by atoms with Gasteiger partial charge >= 0.3 is 6.03 Å². The highest BCUT2D eigenvalue weighted by atomic mass is 16.5. The van der Waals surface area contributed by atoms with Gasteiger partial charge in [-0.15, -0.1) is 0 Å². The fourth-order valence-electron chi connectivity index (χ4n) is 3.63. The van der Waals surface area contributed by atoms with Gasteiger partial charge in [-0.05, 0) is 54.6 Å². The topological polar surface area (TPSA) is 99.8 Å². The number of nitrogens with one attached hydrogen (secondary N) is 3. The van der Waals surface area contributed by atoms with Gasteiger partial charge in [0.05, 0.1) is 13.0 Å². The van der Waals surface area contributed by atoms with Crippen molar-refractivity contribution in [3.05, 3.63) is 78.9 Å². The second-order valence-electron chi connectivity index (χ2n) is 7.62. The third-order valence-corrected chi connectivity index (χ3v) is 5.30. The van der Waals surface area contributed by atoms with Gasteiger partial charge in [0, 0.05) is 35.7 Å². The lowest BCUT2D eigenvalue weighted by Gasteiger charge is -2.17. The smallest absolute Gasteiger partial charge is 0.323 e. The lowest BCUT2D eigenvalue weighted by Crippen LogP contribution is -2.28. The molecule has 8 heteroatoms. The number of hydrogen-bond acceptors (Lipinski definition) is 4. The number of para-hydroxylation sites is 1. The number of amides is 4. The molecule has 1 saturated heterocycles. The van der Waals surface area contributed by atoms with Gasteiger partial charge in [-0.3, -0.25) is 9.59 Å². The van der Waals surface area contributed by atoms with E-state index in [0.29, 0.717) is 29.4 Å². The third-order valence-electron chi connectivity index (χ3n) is 5.30. The summed E-state index contributed by atoms with van der Waals surface area (Å²) in [7, 11) is 1.58. The molecule has 0 aromatic heterocycles. The van der Waals surface area contributed by atoms with Crippen molar-refractivity contribution in [2.75, 3.05) is 34.5 Å². The highest BCUT2D eigenvalue weighted by Crippen LogP contribution is 2.28. The molecule has 3 aromatic carbocycles. The molecule has 0 spiro atoms. The number of anilines is 4. The maximum Gasteiger partial charge on any atom is 0.323 e. The molecule has 168 valence electrons. The molecule has 0 radical (unpaired) electrons. The van der Waals surface area contributed by atoms with Crippen molar-refractivity contribution in [2.45, 2.75) is 6.42 Å². The average Bonchev–Trinajstić information content (AvgIpc) is 3.21. The van der Waals surface area contributed by atoms with Gasteiger partial charge in [-0.1, -0.05) is 24.3 Å². The Morgan fingerprint density at radius 2 is 1.48 bits per heavy atom. The van der Waals surface area contributed by atoms with Crippen molar-refractivity contribution in [2.24, 2.45) is 5.92 Å². The molecule has 4 rings (SSSR count). The predicted molar refractivity (Wildman–Crippen MR) is 128 cm³/mol. The maximum atomic E-state index is 12.8. The summed E-state index contributed by atoms with van der Waals surface area (Å²) in [5, 5.41) is 8.33. The van der Waals surface area contributed by atoms with E-state index in [1.54, 1.807) is 72.7 Å². The minimum absolute atomic E-state index is 0.103. The van der Waals surface area contributed by atoms with Crippen molar-refractivity contribution in [1.82, 2.24) is 0 Å². The Morgan fingerprint density at radius 3 is 2.18 bits per heavy atom. The van der Waals surface area contributed by atoms with Crippen LogP contribution in [0.5, 0.6) is 5.75 Å². The van der Waals surface area contributed by atoms with Gasteiger partial charge < -0.3 is 25.6 Å². The number of carbonyl (C=O) groups is 3. The van der Waals surface area contributed by atoms with Crippen LogP contribution < -0.4 is 25.6 Å². The van der Waals surface area contributed by atoms with Crippen LogP contribution in [0.25, 0.3) is 0 Å². The Balaban J connectivity index is 1.35. The zero-order valence-electron chi connectivity index (χ0n) is 18.1. The summed E-state index contributed by atoms with van der Waals surface area (Å²) in [6.07, 6.45) is 0.134. The quantitative estimate of drug-likeness (QED) is 0.527. The molecule has 4 amide bonds. The van der Waals surface area contributed by atoms with Crippen LogP contribution in [-0.4, -0.2) is 31.5 Å². The number of rotatable bonds is 6. The fraction of sp³-hybridized carbons (Fsp3) is 0.160. The van der Waals surface area contributed by atoms with E-state index in [4.69, 9.17) is 4.74 Å². The molecule has 1 aliphatic heterocycles. The standard InChI is InChI=1S/C25H24N4O4/c1-33-22-12-10-21(11-13-22)29-16-17(14-23(29)30)24(31)26-19-8-5-9-20(15-19)28-25(32)27-18-6-3-2-4-7-18/h2-13,15,17H,14,16H2,1H3,(H,26,31)(H2,27,28,32). The number of ether oxygens (including phenoxy) is 1. The van der Waals surface area contributed by atoms with E-state index in [2.05, 4.69) is 16.0 Å². The van der Waals surface area contributed by atoms with E-state index < -0.39 is 5.92 Å². The molecule has 3 N–H and O–H groups in total. The van der Waals surface area contributed by atoms with Crippen LogP contribution in [-0.2, 0) is 9.59 Å². The van der Waals surface area contributed by atoms with Crippen LogP contribution in [0.15, 0.2) is 78.9 Å². The van der Waals surface area contributed by atoms with Crippen molar-refractivity contribution < 1.29 is 19.1 Å². The molecule has 1 unspecified atom stereocenters. The highest BCUT2D eigenvalue weighted by Gasteiger charge is 2.35. The summed E-state index contributed by atoms with van der Waals surface area (Å²) in [6.45, 7) is 0.300. The molecule has 0 aliphatic carbocycles. The lowest BCUT2D eigenvalue weighted by atomic mass is 10.1. The molecular formula is C25H24N4O4. The zero-order valence-corrected chi connectivity index (χ0v) is 18.1. The van der Waals surface area contributed by atoms with E-state index in [-0.39, 0.29) is 24.3 Å². The van der Waals surface area contributed by atoms with E-state index in [9.17, 15) is 14.4 Å². The summed E-state index contributed by atoms with van der Waals surface area (Å²) in [5.74, 6) is -0.123. The van der Waals surface area contributed by atoms with Gasteiger partial charge in [0.15, 0.2) is 0 Å². The lowest BCUT2D eigenvalue weighted by molar-refractivity contribution is -0.122. The summed E-state index contributed by atoms with van der Waals surface area (Å²) < 4.78 is 5.15. The monoisotopic (exact) mass is 444 g/mol. The number of methoxy groups -OCH3 is 1. The normalized spacial score (nSPS) is 15.1. The SMILES string of the molecule is COc1ccc(N2CC(C(=O)Nc3cccc(NC(=O)Nc4ccccc4)c3)CC2=O)cc1. The van der Waals surface area contributed by atoms with Crippen LogP contribution >= 0.6 is 0 Å². The Hall–Kier alpha value is -4.33. The number of hydrogen-bond donors (Lipinski definition) is 3. The first-order chi connectivity index (χ1) is 16.0. The van der Waals surface area contributed by atoms with E-state index >= 15 is 0 Å². The summed E-state index contributed by atoms with van der Waals surface area (Å²) >= 11 is 0. The Morgan fingerprint density at radius 1 is 0.848 bits per heavy atom. The summed E-state index contributed by atoms with van der Waals surface area (Å²) in [5.41, 5.74) is 2.47. The molecule has 1 heterocycles. The Labute approximate surface area is 191 Å². The van der Waals surface area contributed by atoms with Crippen molar-refractivity contribution in [3.63, 3.8) is 0 Å². The Kier molecular flexibility index (Phi) is 6.54. The van der Waals surface area contributed by atoms with Gasteiger partial charge in [0.1, 0.15) is 5.75 Å². The van der Waals surface area contributed by atoms with Gasteiger partial charge in [0.25, 0.3) is 0 Å². The Bertz CT molecular complexity index is 1150. The van der Waals surface area contributed by atoms with Crippen LogP contribution in [0.2, 0.25) is 0 Å². The zero-order chi connectivity index (χ0) is 23.2. The first kappa shape index (κ1) is 21.9. The van der Waals surface area contributed by atoms with E-state index in [1.165, 1.54) is 0 Å². The molecule has 33 heavy (non-hydrogen) atoms. The van der Waals surface area contributed by atoms with Gasteiger partial charge in [0.2, 0.25) is 11.8 Å². The summed E-state index contributed by atoms with van der Waals surface area (Å²) in [4.78, 5) is 39.1. The van der Waals surface area contributed by atoms with Crippen LogP contribution in [0.4, 0.5) is 27.5 Å². The highest BCUT2D eigenvalue weighted by molar-refractivity contribution is 6.04. The second-order valence-corrected chi connectivity index (χ2v) is 7.62. The van der Waals surface area contributed by atoms with E-state index in [1.807, 2.05) is 18.2 Å². The van der Waals surface area contributed by atoms with Crippen molar-refractivity contribution >= 4 is 40.6 Å². The average molecular weight is 444 g/mol. The molecule has 1 atom stereocenters. The first-order valence-electron chi connectivity index (χ1n) is 10.5. The predicted octanol–water partition coefficient (Wildman–Crippen LogP) is 4.33. The molecule has 3 aromatic rings. The van der Waals surface area contributed by atoms with Crippen LogP contribution in [0.3, 0.4) is 0 Å². The first-order valence-corrected chi connectivity index (χ1v) is 10.5. The number of benzene rings is 3. The molecule has 0 saturated carbocycles. The van der Waals surface area contributed by atoms with Gasteiger partial charge in [-0.2, -0.15) is 0 Å². The molecule has 1 aliphatic rings. The second kappa shape index (κ2) is 9.86. The minimum atomic E-state index is -0.474. The largest absolute Gasteiger partial charge is 0.497 e. The maximum absolute atomic E-state index is 12.8. The van der Waals surface area contributed by atoms with Gasteiger partial charge in [-0.25, -0.2) is 4.79 Å². The third kappa shape index (κ3) is 5.48. The number of carbonyl (C=O) groups excluding carboxylic acids is 3. The molecule has 8 nitrogen and oxygen atoms in total.